The van der Waals surface area contributed by atoms with Gasteiger partial charge in [0, 0.05) is 19.2 Å². The SMILES string of the molecule is COc1ccccc1CN(C)C(=O)CN(c1ccccc1C)S(=O)(=O)c1ccc(C)cc1. The molecule has 3 rings (SSSR count). The zero-order valence-electron chi connectivity index (χ0n) is 18.8. The molecule has 7 heteroatoms. The van der Waals surface area contributed by atoms with E-state index in [1.165, 1.54) is 9.21 Å². The molecule has 0 saturated carbocycles. The van der Waals surface area contributed by atoms with Gasteiger partial charge in [0.05, 0.1) is 17.7 Å². The summed E-state index contributed by atoms with van der Waals surface area (Å²) in [6, 6.07) is 21.2. The molecule has 0 radical (unpaired) electrons. The van der Waals surface area contributed by atoms with Gasteiger partial charge >= 0.3 is 0 Å². The Bertz CT molecular complexity index is 1190. The average molecular weight is 453 g/mol. The van der Waals surface area contributed by atoms with Crippen LogP contribution in [-0.4, -0.2) is 39.9 Å². The Labute approximate surface area is 190 Å². The van der Waals surface area contributed by atoms with Crippen molar-refractivity contribution in [3.05, 3.63) is 89.5 Å². The first-order valence-electron chi connectivity index (χ1n) is 10.2. The number of hydrogen-bond acceptors (Lipinski definition) is 4. The number of likely N-dealkylation sites (N-methyl/N-ethyl adjacent to an activating group) is 1. The van der Waals surface area contributed by atoms with Gasteiger partial charge in [-0.25, -0.2) is 8.42 Å². The number of amides is 1. The molecular formula is C25H28N2O4S. The van der Waals surface area contributed by atoms with E-state index in [4.69, 9.17) is 4.74 Å². The fourth-order valence-corrected chi connectivity index (χ4v) is 4.88. The van der Waals surface area contributed by atoms with Crippen LogP contribution < -0.4 is 9.04 Å². The summed E-state index contributed by atoms with van der Waals surface area (Å²) in [6.07, 6.45) is 0. The van der Waals surface area contributed by atoms with Crippen LogP contribution in [0.15, 0.2) is 77.7 Å². The molecule has 3 aromatic carbocycles. The molecule has 0 heterocycles. The molecule has 0 bridgehead atoms. The second-order valence-electron chi connectivity index (χ2n) is 7.67. The Morgan fingerprint density at radius 2 is 1.53 bits per heavy atom. The van der Waals surface area contributed by atoms with Crippen LogP contribution >= 0.6 is 0 Å². The lowest BCUT2D eigenvalue weighted by Gasteiger charge is -2.28. The molecule has 0 aliphatic rings. The lowest BCUT2D eigenvalue weighted by molar-refractivity contribution is -0.128. The fourth-order valence-electron chi connectivity index (χ4n) is 3.40. The van der Waals surface area contributed by atoms with Gasteiger partial charge in [-0.15, -0.1) is 0 Å². The van der Waals surface area contributed by atoms with Crippen molar-refractivity contribution in [2.75, 3.05) is 25.0 Å². The number of benzene rings is 3. The molecule has 3 aromatic rings. The molecule has 32 heavy (non-hydrogen) atoms. The van der Waals surface area contributed by atoms with Gasteiger partial charge in [0.15, 0.2) is 0 Å². The zero-order chi connectivity index (χ0) is 23.3. The van der Waals surface area contributed by atoms with Crippen LogP contribution in [0.1, 0.15) is 16.7 Å². The molecule has 0 fully saturated rings. The Morgan fingerprint density at radius 1 is 0.906 bits per heavy atom. The summed E-state index contributed by atoms with van der Waals surface area (Å²) in [5.41, 5.74) is 3.05. The third-order valence-corrected chi connectivity index (χ3v) is 7.07. The first-order chi connectivity index (χ1) is 15.2. The number of rotatable bonds is 8. The molecule has 0 aliphatic carbocycles. The molecule has 0 saturated heterocycles. The van der Waals surface area contributed by atoms with Crippen molar-refractivity contribution in [1.82, 2.24) is 4.90 Å². The van der Waals surface area contributed by atoms with E-state index in [9.17, 15) is 13.2 Å². The highest BCUT2D eigenvalue weighted by Crippen LogP contribution is 2.27. The summed E-state index contributed by atoms with van der Waals surface area (Å²) in [7, 11) is -0.712. The molecule has 0 unspecified atom stereocenters. The number of sulfonamides is 1. The lowest BCUT2D eigenvalue weighted by atomic mass is 10.2. The van der Waals surface area contributed by atoms with Gasteiger partial charge in [-0.1, -0.05) is 54.1 Å². The smallest absolute Gasteiger partial charge is 0.264 e. The zero-order valence-corrected chi connectivity index (χ0v) is 19.6. The van der Waals surface area contributed by atoms with Crippen molar-refractivity contribution >= 4 is 21.6 Å². The monoisotopic (exact) mass is 452 g/mol. The molecule has 6 nitrogen and oxygen atoms in total. The molecule has 0 aromatic heterocycles. The maximum Gasteiger partial charge on any atom is 0.264 e. The second-order valence-corrected chi connectivity index (χ2v) is 9.54. The largest absolute Gasteiger partial charge is 0.496 e. The van der Waals surface area contributed by atoms with E-state index < -0.39 is 10.0 Å². The van der Waals surface area contributed by atoms with Crippen molar-refractivity contribution in [2.45, 2.75) is 25.3 Å². The van der Waals surface area contributed by atoms with Crippen LogP contribution in [-0.2, 0) is 21.4 Å². The normalized spacial score (nSPS) is 11.1. The third kappa shape index (κ3) is 5.11. The van der Waals surface area contributed by atoms with E-state index in [0.29, 0.717) is 18.0 Å². The summed E-state index contributed by atoms with van der Waals surface area (Å²) >= 11 is 0. The molecule has 0 spiro atoms. The van der Waals surface area contributed by atoms with Crippen molar-refractivity contribution < 1.29 is 17.9 Å². The molecule has 0 aliphatic heterocycles. The average Bonchev–Trinajstić information content (AvgIpc) is 2.78. The molecule has 0 N–H and O–H groups in total. The van der Waals surface area contributed by atoms with Gasteiger partial charge in [0.1, 0.15) is 12.3 Å². The number of methoxy groups -OCH3 is 1. The lowest BCUT2D eigenvalue weighted by Crippen LogP contribution is -2.41. The minimum Gasteiger partial charge on any atom is -0.496 e. The van der Waals surface area contributed by atoms with Crippen LogP contribution in [0, 0.1) is 13.8 Å². The van der Waals surface area contributed by atoms with Gasteiger partial charge in [-0.2, -0.15) is 0 Å². The van der Waals surface area contributed by atoms with Gasteiger partial charge in [0.2, 0.25) is 5.91 Å². The number of carbonyl (C=O) groups is 1. The Morgan fingerprint density at radius 3 is 2.19 bits per heavy atom. The Balaban J connectivity index is 1.93. The highest BCUT2D eigenvalue weighted by atomic mass is 32.2. The van der Waals surface area contributed by atoms with Gasteiger partial charge in [0.25, 0.3) is 10.0 Å². The summed E-state index contributed by atoms with van der Waals surface area (Å²) in [4.78, 5) is 14.8. The Hall–Kier alpha value is -3.32. The summed E-state index contributed by atoms with van der Waals surface area (Å²) in [5, 5.41) is 0. The Kier molecular flexibility index (Phi) is 7.20. The van der Waals surface area contributed by atoms with Crippen molar-refractivity contribution in [1.29, 1.82) is 0 Å². The summed E-state index contributed by atoms with van der Waals surface area (Å²) in [5.74, 6) is 0.352. The minimum absolute atomic E-state index is 0.145. The number of anilines is 1. The van der Waals surface area contributed by atoms with Gasteiger partial charge in [-0.3, -0.25) is 9.10 Å². The van der Waals surface area contributed by atoms with E-state index in [1.54, 1.807) is 50.6 Å². The number of hydrogen-bond donors (Lipinski definition) is 0. The van der Waals surface area contributed by atoms with Crippen LogP contribution in [0.25, 0.3) is 0 Å². The molecule has 0 atom stereocenters. The predicted octanol–water partition coefficient (Wildman–Crippen LogP) is 4.17. The number of ether oxygens (including phenoxy) is 1. The van der Waals surface area contributed by atoms with Crippen LogP contribution in [0.2, 0.25) is 0 Å². The fraction of sp³-hybridized carbons (Fsp3) is 0.240. The molecule has 168 valence electrons. The van der Waals surface area contributed by atoms with Crippen molar-refractivity contribution in [2.24, 2.45) is 0 Å². The van der Waals surface area contributed by atoms with Crippen LogP contribution in [0.5, 0.6) is 5.75 Å². The first kappa shape index (κ1) is 23.3. The van der Waals surface area contributed by atoms with Gasteiger partial charge in [-0.05, 0) is 43.7 Å². The number of nitrogens with zero attached hydrogens (tertiary/aromatic N) is 2. The number of aryl methyl sites for hydroxylation is 2. The van der Waals surface area contributed by atoms with E-state index in [1.807, 2.05) is 50.2 Å². The second kappa shape index (κ2) is 9.87. The molecule has 1 amide bonds. The quantitative estimate of drug-likeness (QED) is 0.515. The summed E-state index contributed by atoms with van der Waals surface area (Å²) < 4.78 is 33.7. The molecular weight excluding hydrogens is 424 g/mol. The predicted molar refractivity (Wildman–Crippen MR) is 126 cm³/mol. The number of para-hydroxylation sites is 2. The highest BCUT2D eigenvalue weighted by molar-refractivity contribution is 7.92. The van der Waals surface area contributed by atoms with Crippen LogP contribution in [0.3, 0.4) is 0 Å². The van der Waals surface area contributed by atoms with E-state index in [2.05, 4.69) is 0 Å². The maximum absolute atomic E-state index is 13.5. The van der Waals surface area contributed by atoms with Crippen molar-refractivity contribution in [3.63, 3.8) is 0 Å². The standard InChI is InChI=1S/C25H28N2O4S/c1-19-13-15-22(16-14-19)32(29,30)27(23-11-7-5-9-20(23)2)18-25(28)26(3)17-21-10-6-8-12-24(21)31-4/h5-16H,17-18H2,1-4H3. The highest BCUT2D eigenvalue weighted by Gasteiger charge is 2.29. The topological polar surface area (TPSA) is 66.9 Å². The van der Waals surface area contributed by atoms with E-state index in [0.717, 1.165) is 16.7 Å². The van der Waals surface area contributed by atoms with Crippen LogP contribution in [0.4, 0.5) is 5.69 Å². The first-order valence-corrected chi connectivity index (χ1v) is 11.7. The maximum atomic E-state index is 13.5. The van der Waals surface area contributed by atoms with Gasteiger partial charge < -0.3 is 9.64 Å². The van der Waals surface area contributed by atoms with E-state index >= 15 is 0 Å². The third-order valence-electron chi connectivity index (χ3n) is 5.30. The summed E-state index contributed by atoms with van der Waals surface area (Å²) in [6.45, 7) is 3.71. The number of carbonyl (C=O) groups excluding carboxylic acids is 1. The van der Waals surface area contributed by atoms with E-state index in [-0.39, 0.29) is 17.3 Å². The minimum atomic E-state index is -3.95. The van der Waals surface area contributed by atoms with Crippen molar-refractivity contribution in [3.8, 4) is 5.75 Å².